The van der Waals surface area contributed by atoms with Crippen molar-refractivity contribution in [2.45, 2.75) is 25.7 Å². The van der Waals surface area contributed by atoms with Crippen LogP contribution < -0.4 is 0 Å². The monoisotopic (exact) mass is 238 g/mol. The first kappa shape index (κ1) is 14.3. The lowest BCUT2D eigenvalue weighted by Gasteiger charge is -2.08. The largest absolute Gasteiger partial charge is 0.466 e. The Hall–Kier alpha value is -0.800. The zero-order valence-corrected chi connectivity index (χ0v) is 11.7. The summed E-state index contributed by atoms with van der Waals surface area (Å²) < 4.78 is 5.81. The van der Waals surface area contributed by atoms with E-state index in [4.69, 9.17) is 4.42 Å². The molecule has 0 aliphatic carbocycles. The lowest BCUT2D eigenvalue weighted by Crippen LogP contribution is -2.13. The van der Waals surface area contributed by atoms with Crippen LogP contribution in [0.25, 0.3) is 0 Å². The Morgan fingerprint density at radius 1 is 0.824 bits per heavy atom. The minimum Gasteiger partial charge on any atom is -0.466 e. The molecule has 0 bridgehead atoms. The Morgan fingerprint density at radius 3 is 1.59 bits per heavy atom. The number of hydrogen-bond acceptors (Lipinski definition) is 3. The van der Waals surface area contributed by atoms with Crippen molar-refractivity contribution in [3.05, 3.63) is 23.7 Å². The average Bonchev–Trinajstić information content (AvgIpc) is 2.65. The second-order valence-electron chi connectivity index (χ2n) is 5.18. The predicted octanol–water partition coefficient (Wildman–Crippen LogP) is 2.27. The van der Waals surface area contributed by atoms with Gasteiger partial charge in [0.15, 0.2) is 0 Å². The maximum atomic E-state index is 5.81. The summed E-state index contributed by atoms with van der Waals surface area (Å²) in [6.07, 6.45) is 4.42. The first-order valence-corrected chi connectivity index (χ1v) is 6.45. The molecule has 3 heteroatoms. The van der Waals surface area contributed by atoms with Gasteiger partial charge in [0.25, 0.3) is 0 Å². The van der Waals surface area contributed by atoms with E-state index in [1.165, 1.54) is 0 Å². The molecule has 1 rings (SSSR count). The number of aryl methyl sites for hydroxylation is 2. The van der Waals surface area contributed by atoms with Crippen molar-refractivity contribution < 1.29 is 4.42 Å². The fraction of sp³-hybridized carbons (Fsp3) is 0.714. The van der Waals surface area contributed by atoms with Gasteiger partial charge < -0.3 is 14.2 Å². The summed E-state index contributed by atoms with van der Waals surface area (Å²) in [4.78, 5) is 4.42. The minimum absolute atomic E-state index is 1.05. The number of rotatable bonds is 8. The molecule has 0 atom stereocenters. The molecule has 0 N–H and O–H groups in total. The Balaban J connectivity index is 2.23. The highest BCUT2D eigenvalue weighted by Gasteiger charge is 2.02. The van der Waals surface area contributed by atoms with E-state index in [9.17, 15) is 0 Å². The highest BCUT2D eigenvalue weighted by atomic mass is 16.3. The molecule has 1 heterocycles. The quantitative estimate of drug-likeness (QED) is 0.692. The second kappa shape index (κ2) is 7.51. The molecule has 1 aromatic heterocycles. The van der Waals surface area contributed by atoms with E-state index in [0.29, 0.717) is 0 Å². The Kier molecular flexibility index (Phi) is 6.30. The van der Waals surface area contributed by atoms with E-state index < -0.39 is 0 Å². The van der Waals surface area contributed by atoms with Gasteiger partial charge in [-0.05, 0) is 66.3 Å². The molecular weight excluding hydrogens is 212 g/mol. The van der Waals surface area contributed by atoms with Crippen molar-refractivity contribution in [3.63, 3.8) is 0 Å². The van der Waals surface area contributed by atoms with Crippen molar-refractivity contribution in [2.24, 2.45) is 0 Å². The summed E-state index contributed by atoms with van der Waals surface area (Å²) >= 11 is 0. The zero-order chi connectivity index (χ0) is 12.7. The van der Waals surface area contributed by atoms with Gasteiger partial charge in [-0.2, -0.15) is 0 Å². The van der Waals surface area contributed by atoms with Crippen LogP contribution in [0.15, 0.2) is 16.5 Å². The first-order chi connectivity index (χ1) is 8.08. The van der Waals surface area contributed by atoms with E-state index in [1.54, 1.807) is 0 Å². The van der Waals surface area contributed by atoms with Crippen LogP contribution in [0.4, 0.5) is 0 Å². The van der Waals surface area contributed by atoms with Gasteiger partial charge in [-0.25, -0.2) is 0 Å². The number of furan rings is 1. The van der Waals surface area contributed by atoms with Gasteiger partial charge in [0.05, 0.1) is 0 Å². The van der Waals surface area contributed by atoms with Crippen molar-refractivity contribution in [3.8, 4) is 0 Å². The fourth-order valence-corrected chi connectivity index (χ4v) is 1.83. The SMILES string of the molecule is CN(C)CCCc1ccc(CCCN(C)C)o1. The lowest BCUT2D eigenvalue weighted by atomic mass is 10.2. The molecule has 0 aliphatic heterocycles. The molecule has 0 aromatic carbocycles. The van der Waals surface area contributed by atoms with Gasteiger partial charge in [-0.1, -0.05) is 0 Å². The maximum absolute atomic E-state index is 5.81. The third-order valence-corrected chi connectivity index (χ3v) is 2.77. The van der Waals surface area contributed by atoms with Crippen LogP contribution in [0, 0.1) is 0 Å². The van der Waals surface area contributed by atoms with Gasteiger partial charge in [-0.3, -0.25) is 0 Å². The van der Waals surface area contributed by atoms with Crippen molar-refractivity contribution in [2.75, 3.05) is 41.3 Å². The standard InChI is InChI=1S/C14H26N2O/c1-15(2)11-5-7-13-9-10-14(17-13)8-6-12-16(3)4/h9-10H,5-8,11-12H2,1-4H3. The van der Waals surface area contributed by atoms with Crippen LogP contribution in [0.2, 0.25) is 0 Å². The molecule has 0 saturated heterocycles. The van der Waals surface area contributed by atoms with E-state index >= 15 is 0 Å². The van der Waals surface area contributed by atoms with E-state index in [-0.39, 0.29) is 0 Å². The van der Waals surface area contributed by atoms with E-state index in [1.807, 2.05) is 0 Å². The molecule has 17 heavy (non-hydrogen) atoms. The van der Waals surface area contributed by atoms with Crippen molar-refractivity contribution in [1.82, 2.24) is 9.80 Å². The summed E-state index contributed by atoms with van der Waals surface area (Å²) in [7, 11) is 8.42. The molecule has 0 radical (unpaired) electrons. The highest BCUT2D eigenvalue weighted by molar-refractivity contribution is 5.07. The maximum Gasteiger partial charge on any atom is 0.104 e. The van der Waals surface area contributed by atoms with Gasteiger partial charge in [0, 0.05) is 12.8 Å². The van der Waals surface area contributed by atoms with Gasteiger partial charge in [0.2, 0.25) is 0 Å². The van der Waals surface area contributed by atoms with Crippen molar-refractivity contribution in [1.29, 1.82) is 0 Å². The molecule has 0 spiro atoms. The van der Waals surface area contributed by atoms with Crippen LogP contribution >= 0.6 is 0 Å². The summed E-state index contributed by atoms with van der Waals surface area (Å²) in [6.45, 7) is 2.24. The second-order valence-corrected chi connectivity index (χ2v) is 5.18. The first-order valence-electron chi connectivity index (χ1n) is 6.45. The molecule has 0 fully saturated rings. The molecule has 0 unspecified atom stereocenters. The molecular formula is C14H26N2O. The number of hydrogen-bond donors (Lipinski definition) is 0. The van der Waals surface area contributed by atoms with Gasteiger partial charge >= 0.3 is 0 Å². The van der Waals surface area contributed by atoms with Crippen LogP contribution in [0.5, 0.6) is 0 Å². The molecule has 98 valence electrons. The normalized spacial score (nSPS) is 11.6. The average molecular weight is 238 g/mol. The Morgan fingerprint density at radius 2 is 1.24 bits per heavy atom. The molecule has 0 aliphatic rings. The molecule has 0 amide bonds. The van der Waals surface area contributed by atoms with E-state index in [0.717, 1.165) is 50.3 Å². The van der Waals surface area contributed by atoms with Crippen molar-refractivity contribution >= 4 is 0 Å². The van der Waals surface area contributed by atoms with Crippen LogP contribution in [0.1, 0.15) is 24.4 Å². The number of nitrogens with zero attached hydrogens (tertiary/aromatic N) is 2. The topological polar surface area (TPSA) is 19.6 Å². The Bertz CT molecular complexity index is 276. The smallest absolute Gasteiger partial charge is 0.104 e. The van der Waals surface area contributed by atoms with Crippen LogP contribution in [-0.4, -0.2) is 51.1 Å². The predicted molar refractivity (Wildman–Crippen MR) is 72.5 cm³/mol. The lowest BCUT2D eigenvalue weighted by molar-refractivity contribution is 0.375. The summed E-state index contributed by atoms with van der Waals surface area (Å²) in [5.74, 6) is 2.26. The van der Waals surface area contributed by atoms with Crippen LogP contribution in [0.3, 0.4) is 0 Å². The molecule has 0 saturated carbocycles. The van der Waals surface area contributed by atoms with Crippen LogP contribution in [-0.2, 0) is 12.8 Å². The van der Waals surface area contributed by atoms with E-state index in [2.05, 4.69) is 50.1 Å². The third kappa shape index (κ3) is 6.49. The Labute approximate surface area is 105 Å². The summed E-state index contributed by atoms with van der Waals surface area (Å²) in [5.41, 5.74) is 0. The minimum atomic E-state index is 1.05. The summed E-state index contributed by atoms with van der Waals surface area (Å²) in [6, 6.07) is 4.25. The van der Waals surface area contributed by atoms with Gasteiger partial charge in [-0.15, -0.1) is 0 Å². The molecule has 3 nitrogen and oxygen atoms in total. The fourth-order valence-electron chi connectivity index (χ4n) is 1.83. The zero-order valence-electron chi connectivity index (χ0n) is 11.7. The highest BCUT2D eigenvalue weighted by Crippen LogP contribution is 2.12. The van der Waals surface area contributed by atoms with Gasteiger partial charge in [0.1, 0.15) is 11.5 Å². The molecule has 1 aromatic rings. The third-order valence-electron chi connectivity index (χ3n) is 2.77. The summed E-state index contributed by atoms with van der Waals surface area (Å²) in [5, 5.41) is 0.